The molecule has 1 N–H and O–H groups in total. The maximum absolute atomic E-state index is 12.3. The molecule has 0 bridgehead atoms. The molecule has 4 aromatic rings. The van der Waals surface area contributed by atoms with E-state index in [0.717, 1.165) is 44.0 Å². The van der Waals surface area contributed by atoms with Crippen LogP contribution in [0.15, 0.2) is 35.5 Å². The Bertz CT molecular complexity index is 1630. The van der Waals surface area contributed by atoms with Crippen molar-refractivity contribution >= 4 is 55.2 Å². The topological polar surface area (TPSA) is 135 Å². The van der Waals surface area contributed by atoms with Gasteiger partial charge in [0, 0.05) is 25.9 Å². The number of rotatable bonds is 8. The van der Waals surface area contributed by atoms with E-state index in [1.54, 1.807) is 44.4 Å². The van der Waals surface area contributed by atoms with Crippen molar-refractivity contribution < 1.29 is 17.9 Å². The van der Waals surface area contributed by atoms with E-state index in [1.807, 2.05) is 4.57 Å². The molecule has 1 fully saturated rings. The molecule has 0 spiro atoms. The molecule has 212 valence electrons. The minimum Gasteiger partial charge on any atom is -0.462 e. The second kappa shape index (κ2) is 11.5. The Morgan fingerprint density at radius 1 is 1.10 bits per heavy atom. The quantitative estimate of drug-likeness (QED) is 0.306. The van der Waals surface area contributed by atoms with Crippen LogP contribution >= 0.6 is 11.3 Å². The summed E-state index contributed by atoms with van der Waals surface area (Å²) in [7, 11) is -1.16. The molecule has 14 heteroatoms. The molecule has 0 radical (unpaired) electrons. The second-order valence-electron chi connectivity index (χ2n) is 9.75. The van der Waals surface area contributed by atoms with E-state index in [9.17, 15) is 13.2 Å². The number of imidazole rings is 1. The summed E-state index contributed by atoms with van der Waals surface area (Å²) in [6.45, 7) is 7.79. The highest BCUT2D eigenvalue weighted by Gasteiger charge is 2.23. The van der Waals surface area contributed by atoms with Crippen molar-refractivity contribution in [3.05, 3.63) is 46.7 Å². The van der Waals surface area contributed by atoms with Crippen LogP contribution in [-0.4, -0.2) is 89.9 Å². The smallest absolute Gasteiger partial charge is 0.350 e. The number of likely N-dealkylation sites (N-methyl/N-ethyl adjacent to an activating group) is 1. The van der Waals surface area contributed by atoms with Gasteiger partial charge in [0.1, 0.15) is 4.88 Å². The van der Waals surface area contributed by atoms with Crippen molar-refractivity contribution in [1.29, 1.82) is 0 Å². The summed E-state index contributed by atoms with van der Waals surface area (Å²) in [6, 6.07) is 6.81. The first kappa shape index (κ1) is 27.9. The molecule has 12 nitrogen and oxygen atoms in total. The molecule has 0 atom stereocenters. The third-order valence-electron chi connectivity index (χ3n) is 6.65. The Hall–Kier alpha value is -3.62. The van der Waals surface area contributed by atoms with Crippen molar-refractivity contribution in [3.8, 4) is 0 Å². The van der Waals surface area contributed by atoms with Gasteiger partial charge in [-0.2, -0.15) is 9.97 Å². The number of carbonyl (C=O) groups is 1. The average molecular weight is 585 g/mol. The number of carbonyl (C=O) groups excluding carboxylic acids is 1. The van der Waals surface area contributed by atoms with E-state index in [2.05, 4.69) is 27.1 Å². The Balaban J connectivity index is 1.52. The fourth-order valence-electron chi connectivity index (χ4n) is 4.55. The van der Waals surface area contributed by atoms with Crippen molar-refractivity contribution in [2.45, 2.75) is 31.7 Å². The van der Waals surface area contributed by atoms with Crippen LogP contribution in [0.3, 0.4) is 0 Å². The van der Waals surface area contributed by atoms with Gasteiger partial charge in [-0.05, 0) is 51.6 Å². The van der Waals surface area contributed by atoms with Crippen molar-refractivity contribution in [2.75, 3.05) is 56.3 Å². The number of nitrogens with one attached hydrogen (secondary N) is 1. The first-order valence-corrected chi connectivity index (χ1v) is 15.7. The first-order valence-electron chi connectivity index (χ1n) is 13.0. The Morgan fingerprint density at radius 2 is 1.88 bits per heavy atom. The lowest BCUT2D eigenvalue weighted by Gasteiger charge is -2.22. The number of aromatic nitrogens is 5. The molecule has 0 unspecified atom stereocenters. The molecular weight excluding hydrogens is 552 g/mol. The van der Waals surface area contributed by atoms with Gasteiger partial charge in [-0.25, -0.2) is 23.2 Å². The van der Waals surface area contributed by atoms with Crippen LogP contribution in [0.1, 0.15) is 34.3 Å². The zero-order chi connectivity index (χ0) is 28.4. The summed E-state index contributed by atoms with van der Waals surface area (Å²) >= 11 is 1.20. The van der Waals surface area contributed by atoms with E-state index in [-0.39, 0.29) is 11.5 Å². The van der Waals surface area contributed by atoms with Crippen LogP contribution in [0.25, 0.3) is 11.2 Å². The standard InChI is InChI=1S/C26H32N8O4S2/c1-5-38-24(35)21-17(2)28-26(39-21)31-25-29-22(33-12-6-11-32(3)13-14-33)20-23(30-25)34(16-27-20)15-18-7-9-19(10-8-18)40(4,36)37/h7-10,16H,5-6,11-15H2,1-4H3,(H,28,29,30,31). The Morgan fingerprint density at radius 3 is 2.60 bits per heavy atom. The zero-order valence-corrected chi connectivity index (χ0v) is 24.5. The van der Waals surface area contributed by atoms with Crippen LogP contribution in [0.4, 0.5) is 16.9 Å². The van der Waals surface area contributed by atoms with Crippen LogP contribution < -0.4 is 10.2 Å². The summed E-state index contributed by atoms with van der Waals surface area (Å²) in [4.78, 5) is 36.4. The normalized spacial score (nSPS) is 14.8. The Kier molecular flexibility index (Phi) is 8.01. The van der Waals surface area contributed by atoms with Gasteiger partial charge in [-0.3, -0.25) is 5.32 Å². The van der Waals surface area contributed by atoms with Gasteiger partial charge in [0.2, 0.25) is 5.95 Å². The third kappa shape index (κ3) is 6.08. The number of fused-ring (bicyclic) bond motifs is 1. The predicted octanol–water partition coefficient (Wildman–Crippen LogP) is 3.11. The average Bonchev–Trinajstić information content (AvgIpc) is 3.40. The predicted molar refractivity (Wildman–Crippen MR) is 154 cm³/mol. The van der Waals surface area contributed by atoms with Gasteiger partial charge in [0.15, 0.2) is 32.0 Å². The summed E-state index contributed by atoms with van der Waals surface area (Å²) in [5, 5.41) is 3.69. The maximum Gasteiger partial charge on any atom is 0.350 e. The fourth-order valence-corrected chi connectivity index (χ4v) is 6.03. The SMILES string of the molecule is CCOC(=O)c1sc(Nc2nc(N3CCCN(C)CC3)c3ncn(Cc4ccc(S(C)(=O)=O)cc4)c3n2)nc1C. The number of sulfone groups is 1. The van der Waals surface area contributed by atoms with Gasteiger partial charge in [-0.1, -0.05) is 23.5 Å². The number of benzene rings is 1. The van der Waals surface area contributed by atoms with Gasteiger partial charge < -0.3 is 19.1 Å². The third-order valence-corrected chi connectivity index (χ3v) is 8.83. The number of hydrogen-bond donors (Lipinski definition) is 1. The van der Waals surface area contributed by atoms with E-state index in [0.29, 0.717) is 39.4 Å². The second-order valence-corrected chi connectivity index (χ2v) is 12.8. The van der Waals surface area contributed by atoms with E-state index in [4.69, 9.17) is 19.7 Å². The molecule has 3 aromatic heterocycles. The molecule has 0 saturated carbocycles. The van der Waals surface area contributed by atoms with Gasteiger partial charge >= 0.3 is 5.97 Å². The first-order chi connectivity index (χ1) is 19.1. The van der Waals surface area contributed by atoms with E-state index in [1.165, 1.54) is 17.6 Å². The molecule has 1 aromatic carbocycles. The molecule has 4 heterocycles. The monoisotopic (exact) mass is 584 g/mol. The summed E-state index contributed by atoms with van der Waals surface area (Å²) < 4.78 is 30.8. The van der Waals surface area contributed by atoms with Crippen molar-refractivity contribution in [3.63, 3.8) is 0 Å². The number of esters is 1. The van der Waals surface area contributed by atoms with Crippen LogP contribution in [0.2, 0.25) is 0 Å². The van der Waals surface area contributed by atoms with E-state index >= 15 is 0 Å². The van der Waals surface area contributed by atoms with Crippen LogP contribution in [0.5, 0.6) is 0 Å². The molecule has 40 heavy (non-hydrogen) atoms. The highest BCUT2D eigenvalue weighted by molar-refractivity contribution is 7.90. The highest BCUT2D eigenvalue weighted by Crippen LogP contribution is 2.30. The lowest BCUT2D eigenvalue weighted by atomic mass is 10.2. The summed E-state index contributed by atoms with van der Waals surface area (Å²) in [6.07, 6.45) is 3.92. The van der Waals surface area contributed by atoms with Crippen molar-refractivity contribution in [1.82, 2.24) is 29.4 Å². The number of anilines is 3. The number of aryl methyl sites for hydroxylation is 1. The lowest BCUT2D eigenvalue weighted by molar-refractivity contribution is 0.0531. The van der Waals surface area contributed by atoms with Gasteiger partial charge in [-0.15, -0.1) is 0 Å². The molecular formula is C26H32N8O4S2. The number of thiazole rings is 1. The van der Waals surface area contributed by atoms with Crippen LogP contribution in [0, 0.1) is 6.92 Å². The molecule has 0 aliphatic carbocycles. The lowest BCUT2D eigenvalue weighted by Crippen LogP contribution is -2.29. The summed E-state index contributed by atoms with van der Waals surface area (Å²) in [5.41, 5.74) is 2.80. The molecule has 0 amide bonds. The van der Waals surface area contributed by atoms with E-state index < -0.39 is 15.8 Å². The number of ether oxygens (including phenoxy) is 1. The largest absolute Gasteiger partial charge is 0.462 e. The molecule has 1 saturated heterocycles. The van der Waals surface area contributed by atoms with Crippen molar-refractivity contribution in [2.24, 2.45) is 0 Å². The van der Waals surface area contributed by atoms with Gasteiger partial charge in [0.25, 0.3) is 0 Å². The van der Waals surface area contributed by atoms with Crippen LogP contribution in [-0.2, 0) is 21.1 Å². The Labute approximate surface area is 237 Å². The molecule has 5 rings (SSSR count). The minimum atomic E-state index is -3.28. The fraction of sp³-hybridized carbons (Fsp3) is 0.423. The number of nitrogens with zero attached hydrogens (tertiary/aromatic N) is 7. The molecule has 1 aliphatic rings. The number of hydrogen-bond acceptors (Lipinski definition) is 12. The highest BCUT2D eigenvalue weighted by atomic mass is 32.2. The van der Waals surface area contributed by atoms with Gasteiger partial charge in [0.05, 0.1) is 30.1 Å². The maximum atomic E-state index is 12.3. The molecule has 1 aliphatic heterocycles. The zero-order valence-electron chi connectivity index (χ0n) is 22.9. The summed E-state index contributed by atoms with van der Waals surface area (Å²) in [5.74, 6) is 0.669. The minimum absolute atomic E-state index is 0.273.